The number of carbonyl (C=O) groups is 3. The number of carboxylic acids is 2. The summed E-state index contributed by atoms with van der Waals surface area (Å²) in [6.07, 6.45) is -0.633. The maximum absolute atomic E-state index is 10.8. The number of hydrogen-bond acceptors (Lipinski definition) is 10. The van der Waals surface area contributed by atoms with E-state index in [1.165, 1.54) is 21.6 Å². The number of alkyl carbamates (subject to hydrolysis) is 1. The molecule has 1 aliphatic rings. The molecule has 1 aromatic carbocycles. The summed E-state index contributed by atoms with van der Waals surface area (Å²) in [6, 6.07) is 5.50. The van der Waals surface area contributed by atoms with Gasteiger partial charge in [-0.3, -0.25) is 9.59 Å². The van der Waals surface area contributed by atoms with Crippen LogP contribution in [-0.4, -0.2) is 78.2 Å². The predicted molar refractivity (Wildman–Crippen MR) is 113 cm³/mol. The summed E-state index contributed by atoms with van der Waals surface area (Å²) in [5.41, 5.74) is 10.4. The van der Waals surface area contributed by atoms with Crippen molar-refractivity contribution in [3.05, 3.63) is 24.3 Å². The smallest absolute Gasteiger partial charge is 0.407 e. The third-order valence-corrected chi connectivity index (χ3v) is 5.93. The Morgan fingerprint density at radius 2 is 1.70 bits per heavy atom. The number of aliphatic carboxylic acids is 2. The van der Waals surface area contributed by atoms with Gasteiger partial charge in [0.25, 0.3) is 0 Å². The molecule has 1 aliphatic heterocycles. The number of ether oxygens (including phenoxy) is 3. The zero-order chi connectivity index (χ0) is 22.5. The summed E-state index contributed by atoms with van der Waals surface area (Å²) in [4.78, 5) is 31.3. The average Bonchev–Trinajstić information content (AvgIpc) is 3.14. The van der Waals surface area contributed by atoms with Gasteiger partial charge in [0, 0.05) is 11.5 Å². The normalized spacial score (nSPS) is 16.9. The number of cyclic esters (lactones) is 1. The molecule has 0 aliphatic carbocycles. The van der Waals surface area contributed by atoms with Crippen molar-refractivity contribution >= 4 is 39.6 Å². The number of nitrogens with one attached hydrogen (secondary N) is 1. The molecule has 0 aromatic heterocycles. The minimum atomic E-state index is -1.07. The minimum Gasteiger partial charge on any atom is -0.493 e. The largest absolute Gasteiger partial charge is 0.493 e. The number of benzene rings is 1. The standard InChI is InChI=1S/C11H13NO4.C6H12N2O4S2/c1-14-9-4-2-3-5-10(9)15-7-8-6-12-11(13)16-8;7-3(5(9)10)1-13-14-2-4(8)6(11)12/h2-5,8H,6-7H2,1H3,(H,12,13);3-4H,1-2,7-8H2,(H,9,10)(H,11,12). The number of amides is 1. The van der Waals surface area contributed by atoms with Crippen molar-refractivity contribution in [3.63, 3.8) is 0 Å². The van der Waals surface area contributed by atoms with Gasteiger partial charge in [-0.05, 0) is 12.1 Å². The predicted octanol–water partition coefficient (Wildman–Crippen LogP) is 0.374. The Kier molecular flexibility index (Phi) is 11.8. The molecule has 0 bridgehead atoms. The number of hydrogen-bond donors (Lipinski definition) is 5. The molecule has 1 amide bonds. The molecule has 3 unspecified atom stereocenters. The number of carboxylic acid groups (broad SMARTS) is 2. The van der Waals surface area contributed by atoms with Gasteiger partial charge in [-0.1, -0.05) is 33.7 Å². The van der Waals surface area contributed by atoms with Crippen LogP contribution < -0.4 is 26.3 Å². The first kappa shape index (κ1) is 25.7. The second-order valence-corrected chi connectivity index (χ2v) is 8.38. The molecule has 168 valence electrons. The van der Waals surface area contributed by atoms with Gasteiger partial charge >= 0.3 is 18.0 Å². The number of para-hydroxylation sites is 2. The summed E-state index contributed by atoms with van der Waals surface area (Å²) in [6.45, 7) is 0.799. The van der Waals surface area contributed by atoms with Crippen LogP contribution in [0.2, 0.25) is 0 Å². The maximum Gasteiger partial charge on any atom is 0.407 e. The molecule has 3 atom stereocenters. The fourth-order valence-corrected chi connectivity index (χ4v) is 4.06. The quantitative estimate of drug-likeness (QED) is 0.225. The van der Waals surface area contributed by atoms with Gasteiger partial charge in [0.15, 0.2) is 17.6 Å². The molecule has 1 aromatic rings. The fourth-order valence-electron chi connectivity index (χ4n) is 1.83. The third kappa shape index (κ3) is 9.91. The van der Waals surface area contributed by atoms with Gasteiger partial charge in [0.2, 0.25) is 0 Å². The first-order valence-corrected chi connectivity index (χ1v) is 11.1. The highest BCUT2D eigenvalue weighted by Crippen LogP contribution is 2.26. The zero-order valence-electron chi connectivity index (χ0n) is 16.2. The van der Waals surface area contributed by atoms with E-state index in [0.717, 1.165) is 0 Å². The van der Waals surface area contributed by atoms with Crippen LogP contribution in [0.15, 0.2) is 24.3 Å². The van der Waals surface area contributed by atoms with Crippen LogP contribution in [0.3, 0.4) is 0 Å². The fraction of sp³-hybridized carbons (Fsp3) is 0.471. The second-order valence-electron chi connectivity index (χ2n) is 5.83. The van der Waals surface area contributed by atoms with Crippen LogP contribution >= 0.6 is 21.6 Å². The van der Waals surface area contributed by atoms with Crippen LogP contribution in [0.1, 0.15) is 0 Å². The van der Waals surface area contributed by atoms with E-state index in [2.05, 4.69) is 5.32 Å². The highest BCUT2D eigenvalue weighted by Gasteiger charge is 2.23. The summed E-state index contributed by atoms with van der Waals surface area (Å²) in [5.74, 6) is -0.368. The Balaban J connectivity index is 0.000000304. The van der Waals surface area contributed by atoms with Gasteiger partial charge in [0.05, 0.1) is 13.7 Å². The van der Waals surface area contributed by atoms with Crippen molar-refractivity contribution in [1.82, 2.24) is 5.32 Å². The lowest BCUT2D eigenvalue weighted by molar-refractivity contribution is -0.138. The molecular weight excluding hydrogens is 438 g/mol. The molecule has 30 heavy (non-hydrogen) atoms. The van der Waals surface area contributed by atoms with Crippen LogP contribution in [0.5, 0.6) is 11.5 Å². The summed E-state index contributed by atoms with van der Waals surface area (Å²) >= 11 is 0. The zero-order valence-corrected chi connectivity index (χ0v) is 17.8. The van der Waals surface area contributed by atoms with Crippen LogP contribution in [0, 0.1) is 0 Å². The van der Waals surface area contributed by atoms with Crippen LogP contribution in [0.4, 0.5) is 4.79 Å². The lowest BCUT2D eigenvalue weighted by Gasteiger charge is -2.12. The lowest BCUT2D eigenvalue weighted by Crippen LogP contribution is -2.33. The monoisotopic (exact) mass is 463 g/mol. The van der Waals surface area contributed by atoms with E-state index in [1.807, 2.05) is 24.3 Å². The van der Waals surface area contributed by atoms with E-state index in [0.29, 0.717) is 24.7 Å². The Morgan fingerprint density at radius 3 is 2.13 bits per heavy atom. The lowest BCUT2D eigenvalue weighted by atomic mass is 10.3. The molecule has 13 heteroatoms. The summed E-state index contributed by atoms with van der Waals surface area (Å²) in [7, 11) is 3.99. The average molecular weight is 464 g/mol. The maximum atomic E-state index is 10.8. The Morgan fingerprint density at radius 1 is 1.17 bits per heavy atom. The Bertz CT molecular complexity index is 687. The number of methoxy groups -OCH3 is 1. The molecular formula is C17H25N3O8S2. The van der Waals surface area contributed by atoms with E-state index in [4.69, 9.17) is 35.9 Å². The van der Waals surface area contributed by atoms with E-state index < -0.39 is 30.1 Å². The van der Waals surface area contributed by atoms with E-state index >= 15 is 0 Å². The van der Waals surface area contributed by atoms with Gasteiger partial charge in [0.1, 0.15) is 18.7 Å². The SMILES string of the molecule is COc1ccccc1OCC1CNC(=O)O1.NC(CSSCC(N)C(=O)O)C(=O)O. The van der Waals surface area contributed by atoms with E-state index in [9.17, 15) is 14.4 Å². The second kappa shape index (κ2) is 13.8. The van der Waals surface area contributed by atoms with Crippen molar-refractivity contribution < 1.29 is 38.8 Å². The van der Waals surface area contributed by atoms with E-state index in [-0.39, 0.29) is 17.6 Å². The number of rotatable bonds is 11. The van der Waals surface area contributed by atoms with Gasteiger partial charge in [-0.15, -0.1) is 0 Å². The third-order valence-electron chi connectivity index (χ3n) is 3.45. The minimum absolute atomic E-state index is 0.229. The summed E-state index contributed by atoms with van der Waals surface area (Å²) < 4.78 is 15.6. The van der Waals surface area contributed by atoms with Gasteiger partial charge in [-0.25, -0.2) is 4.79 Å². The van der Waals surface area contributed by atoms with Gasteiger partial charge in [-0.2, -0.15) is 0 Å². The molecule has 1 saturated heterocycles. The number of nitrogens with two attached hydrogens (primary N) is 2. The van der Waals surface area contributed by atoms with Crippen LogP contribution in [-0.2, 0) is 14.3 Å². The summed E-state index contributed by atoms with van der Waals surface area (Å²) in [5, 5.41) is 19.4. The van der Waals surface area contributed by atoms with Crippen molar-refractivity contribution in [3.8, 4) is 11.5 Å². The molecule has 11 nitrogen and oxygen atoms in total. The number of carbonyl (C=O) groups excluding carboxylic acids is 1. The van der Waals surface area contributed by atoms with Crippen LogP contribution in [0.25, 0.3) is 0 Å². The highest BCUT2D eigenvalue weighted by atomic mass is 33.1. The molecule has 1 heterocycles. The highest BCUT2D eigenvalue weighted by molar-refractivity contribution is 8.76. The Hall–Kier alpha value is -2.35. The molecule has 7 N–H and O–H groups in total. The van der Waals surface area contributed by atoms with Crippen molar-refractivity contribution in [2.45, 2.75) is 18.2 Å². The van der Waals surface area contributed by atoms with Gasteiger partial charge < -0.3 is 41.2 Å². The van der Waals surface area contributed by atoms with Crippen molar-refractivity contribution in [2.24, 2.45) is 11.5 Å². The molecule has 0 radical (unpaired) electrons. The molecule has 0 spiro atoms. The molecule has 2 rings (SSSR count). The molecule has 1 fully saturated rings. The first-order valence-electron chi connectivity index (χ1n) is 8.66. The van der Waals surface area contributed by atoms with Crippen molar-refractivity contribution in [1.29, 1.82) is 0 Å². The van der Waals surface area contributed by atoms with Crippen molar-refractivity contribution in [2.75, 3.05) is 31.8 Å². The topological polar surface area (TPSA) is 183 Å². The Labute approximate surface area is 181 Å². The first-order chi connectivity index (χ1) is 14.2. The van der Waals surface area contributed by atoms with E-state index in [1.54, 1.807) is 7.11 Å². The molecule has 0 saturated carbocycles.